The molecular weight excluding hydrogens is 354 g/mol. The minimum absolute atomic E-state index is 0.0604. The van der Waals surface area contributed by atoms with Gasteiger partial charge in [-0.15, -0.1) is 0 Å². The van der Waals surface area contributed by atoms with E-state index in [1.54, 1.807) is 29.2 Å². The number of rotatable bonds is 8. The van der Waals surface area contributed by atoms with Crippen LogP contribution in [-0.4, -0.2) is 61.6 Å². The van der Waals surface area contributed by atoms with Gasteiger partial charge in [-0.05, 0) is 36.4 Å². The highest BCUT2D eigenvalue weighted by atomic mass is 16.5. The van der Waals surface area contributed by atoms with E-state index in [0.29, 0.717) is 30.8 Å². The lowest BCUT2D eigenvalue weighted by Gasteiger charge is -2.30. The first-order chi connectivity index (χ1) is 13.8. The van der Waals surface area contributed by atoms with E-state index in [9.17, 15) is 4.79 Å². The van der Waals surface area contributed by atoms with Crippen LogP contribution >= 0.6 is 0 Å². The molecule has 1 saturated heterocycles. The van der Waals surface area contributed by atoms with Gasteiger partial charge in [0.25, 0.3) is 5.91 Å². The van der Waals surface area contributed by atoms with Gasteiger partial charge in [0, 0.05) is 38.3 Å². The van der Waals surface area contributed by atoms with E-state index in [4.69, 9.17) is 14.7 Å². The van der Waals surface area contributed by atoms with Crippen molar-refractivity contribution < 1.29 is 14.3 Å². The van der Waals surface area contributed by atoms with Crippen LogP contribution in [0.25, 0.3) is 0 Å². The van der Waals surface area contributed by atoms with Crippen molar-refractivity contribution in [3.8, 4) is 17.6 Å². The lowest BCUT2D eigenvalue weighted by molar-refractivity contribution is 0.0326. The predicted octanol–water partition coefficient (Wildman–Crippen LogP) is 3.17. The summed E-state index contributed by atoms with van der Waals surface area (Å²) in [5.41, 5.74) is 0.598. The van der Waals surface area contributed by atoms with E-state index in [2.05, 4.69) is 11.0 Å². The minimum atomic E-state index is -0.0604. The summed E-state index contributed by atoms with van der Waals surface area (Å²) >= 11 is 0. The number of ether oxygens (including phenoxy) is 2. The lowest BCUT2D eigenvalue weighted by atomic mass is 10.2. The number of nitriles is 1. The van der Waals surface area contributed by atoms with Gasteiger partial charge in [-0.3, -0.25) is 9.69 Å². The molecule has 0 spiro atoms. The molecule has 3 rings (SSSR count). The van der Waals surface area contributed by atoms with E-state index in [0.717, 1.165) is 38.6 Å². The molecule has 2 aromatic rings. The van der Waals surface area contributed by atoms with Gasteiger partial charge in [-0.25, -0.2) is 0 Å². The Labute approximate surface area is 165 Å². The Kier molecular flexibility index (Phi) is 7.42. The van der Waals surface area contributed by atoms with Gasteiger partial charge in [-0.2, -0.15) is 5.26 Å². The van der Waals surface area contributed by atoms with Crippen LogP contribution in [-0.2, 0) is 4.74 Å². The van der Waals surface area contributed by atoms with Crippen molar-refractivity contribution in [2.75, 3.05) is 45.9 Å². The summed E-state index contributed by atoms with van der Waals surface area (Å²) in [5, 5.41) is 8.93. The molecule has 1 aliphatic rings. The number of hydrogen-bond acceptors (Lipinski definition) is 5. The highest BCUT2D eigenvalue weighted by Crippen LogP contribution is 2.21. The van der Waals surface area contributed by atoms with E-state index in [-0.39, 0.29) is 5.91 Å². The average Bonchev–Trinajstić information content (AvgIpc) is 2.75. The summed E-state index contributed by atoms with van der Waals surface area (Å²) in [4.78, 5) is 17.0. The molecular formula is C22H25N3O3. The highest BCUT2D eigenvalue weighted by Gasteiger charge is 2.18. The maximum atomic E-state index is 12.9. The fraction of sp³-hybridized carbons (Fsp3) is 0.364. The number of nitrogens with zero attached hydrogens (tertiary/aromatic N) is 3. The molecule has 0 saturated carbocycles. The molecule has 1 aliphatic heterocycles. The molecule has 146 valence electrons. The maximum absolute atomic E-state index is 12.9. The summed E-state index contributed by atoms with van der Waals surface area (Å²) < 4.78 is 11.1. The van der Waals surface area contributed by atoms with Crippen LogP contribution in [0.1, 0.15) is 16.8 Å². The number of carbonyl (C=O) groups excluding carboxylic acids is 1. The van der Waals surface area contributed by atoms with Gasteiger partial charge < -0.3 is 14.4 Å². The Morgan fingerprint density at radius 2 is 1.71 bits per heavy atom. The smallest absolute Gasteiger partial charge is 0.253 e. The molecule has 6 nitrogen and oxygen atoms in total. The van der Waals surface area contributed by atoms with Gasteiger partial charge in [0.2, 0.25) is 0 Å². The molecule has 0 aliphatic carbocycles. The molecule has 1 amide bonds. The lowest BCUT2D eigenvalue weighted by Crippen LogP contribution is -2.43. The summed E-state index contributed by atoms with van der Waals surface area (Å²) in [5.74, 6) is 1.37. The Hall–Kier alpha value is -2.88. The van der Waals surface area contributed by atoms with E-state index in [1.165, 1.54) is 0 Å². The van der Waals surface area contributed by atoms with Gasteiger partial charge >= 0.3 is 0 Å². The third-order valence-electron chi connectivity index (χ3n) is 4.65. The molecule has 1 fully saturated rings. The monoisotopic (exact) mass is 379 g/mol. The topological polar surface area (TPSA) is 65.8 Å². The van der Waals surface area contributed by atoms with Crippen molar-refractivity contribution in [3.63, 3.8) is 0 Å². The second-order valence-electron chi connectivity index (χ2n) is 6.59. The summed E-state index contributed by atoms with van der Waals surface area (Å²) in [6, 6.07) is 18.8. The Morgan fingerprint density at radius 1 is 1.04 bits per heavy atom. The summed E-state index contributed by atoms with van der Waals surface area (Å²) in [6.45, 7) is 5.04. The fourth-order valence-electron chi connectivity index (χ4n) is 3.06. The average molecular weight is 379 g/mol. The first-order valence-electron chi connectivity index (χ1n) is 9.55. The van der Waals surface area contributed by atoms with Crippen LogP contribution in [0, 0.1) is 11.3 Å². The molecule has 0 atom stereocenters. The summed E-state index contributed by atoms with van der Waals surface area (Å²) in [6.07, 6.45) is 0.323. The maximum Gasteiger partial charge on any atom is 0.253 e. The second kappa shape index (κ2) is 10.5. The Bertz CT molecular complexity index is 781. The highest BCUT2D eigenvalue weighted by molar-refractivity contribution is 5.94. The van der Waals surface area contributed by atoms with Crippen LogP contribution in [0.3, 0.4) is 0 Å². The van der Waals surface area contributed by atoms with Gasteiger partial charge in [0.15, 0.2) is 0 Å². The molecule has 2 aromatic carbocycles. The molecule has 0 radical (unpaired) electrons. The van der Waals surface area contributed by atoms with E-state index in [1.807, 2.05) is 30.3 Å². The third kappa shape index (κ3) is 5.81. The molecule has 0 bridgehead atoms. The van der Waals surface area contributed by atoms with Crippen molar-refractivity contribution in [2.45, 2.75) is 6.42 Å². The quantitative estimate of drug-likeness (QED) is 0.705. The molecule has 0 aromatic heterocycles. The number of hydrogen-bond donors (Lipinski definition) is 0. The normalized spacial score (nSPS) is 14.2. The number of benzene rings is 2. The largest absolute Gasteiger partial charge is 0.457 e. The zero-order chi connectivity index (χ0) is 19.6. The number of carbonyl (C=O) groups is 1. The molecule has 0 N–H and O–H groups in total. The summed E-state index contributed by atoms with van der Waals surface area (Å²) in [7, 11) is 0. The van der Waals surface area contributed by atoms with Crippen molar-refractivity contribution in [1.82, 2.24) is 9.80 Å². The number of morpholine rings is 1. The first-order valence-corrected chi connectivity index (χ1v) is 9.55. The zero-order valence-corrected chi connectivity index (χ0v) is 15.9. The van der Waals surface area contributed by atoms with Crippen molar-refractivity contribution >= 4 is 5.91 Å². The first kappa shape index (κ1) is 19.9. The fourth-order valence-corrected chi connectivity index (χ4v) is 3.06. The van der Waals surface area contributed by atoms with Crippen LogP contribution in [0.2, 0.25) is 0 Å². The van der Waals surface area contributed by atoms with Crippen LogP contribution in [0.5, 0.6) is 11.5 Å². The van der Waals surface area contributed by atoms with Crippen molar-refractivity contribution in [2.24, 2.45) is 0 Å². The SMILES string of the molecule is N#CCCN(CCN1CCOCC1)C(=O)c1ccc(Oc2ccccc2)cc1. The Balaban J connectivity index is 1.61. The predicted molar refractivity (Wildman–Crippen MR) is 106 cm³/mol. The standard InChI is InChI=1S/C22H25N3O3/c23-11-4-12-25(14-13-24-15-17-27-18-16-24)22(26)19-7-9-21(10-8-19)28-20-5-2-1-3-6-20/h1-3,5-10H,4,12-18H2. The zero-order valence-electron chi connectivity index (χ0n) is 15.9. The van der Waals surface area contributed by atoms with Crippen molar-refractivity contribution in [1.29, 1.82) is 5.26 Å². The number of para-hydroxylation sites is 1. The Morgan fingerprint density at radius 3 is 2.39 bits per heavy atom. The van der Waals surface area contributed by atoms with Gasteiger partial charge in [-0.1, -0.05) is 18.2 Å². The van der Waals surface area contributed by atoms with E-state index >= 15 is 0 Å². The van der Waals surface area contributed by atoms with Crippen LogP contribution in [0.15, 0.2) is 54.6 Å². The molecule has 0 unspecified atom stereocenters. The van der Waals surface area contributed by atoms with Gasteiger partial charge in [0.05, 0.1) is 25.7 Å². The van der Waals surface area contributed by atoms with E-state index < -0.39 is 0 Å². The second-order valence-corrected chi connectivity index (χ2v) is 6.59. The third-order valence-corrected chi connectivity index (χ3v) is 4.65. The molecule has 1 heterocycles. The van der Waals surface area contributed by atoms with Crippen LogP contribution < -0.4 is 4.74 Å². The van der Waals surface area contributed by atoms with Gasteiger partial charge in [0.1, 0.15) is 11.5 Å². The molecule has 6 heteroatoms. The van der Waals surface area contributed by atoms with Crippen LogP contribution in [0.4, 0.5) is 0 Å². The molecule has 28 heavy (non-hydrogen) atoms. The number of amides is 1. The van der Waals surface area contributed by atoms with Crippen molar-refractivity contribution in [3.05, 3.63) is 60.2 Å². The minimum Gasteiger partial charge on any atom is -0.457 e.